The Balaban J connectivity index is 2.38. The fourth-order valence-corrected chi connectivity index (χ4v) is 2.00. The average Bonchev–Trinajstić information content (AvgIpc) is 2.27. The van der Waals surface area contributed by atoms with Gasteiger partial charge in [0.2, 0.25) is 0 Å². The van der Waals surface area contributed by atoms with Crippen LogP contribution >= 0.6 is 0 Å². The van der Waals surface area contributed by atoms with E-state index in [0.29, 0.717) is 5.92 Å². The topological polar surface area (TPSA) is 33.1 Å². The molecule has 0 bridgehead atoms. The number of aliphatic hydroxyl groups excluding tert-OH is 1. The third-order valence-electron chi connectivity index (χ3n) is 2.78. The third-order valence-corrected chi connectivity index (χ3v) is 2.78. The Hall–Kier alpha value is -0.890. The average molecular weight is 177 g/mol. The molecule has 1 aliphatic rings. The van der Waals surface area contributed by atoms with Crippen molar-refractivity contribution in [1.82, 2.24) is 4.98 Å². The number of aromatic nitrogens is 1. The lowest BCUT2D eigenvalue weighted by molar-refractivity contribution is 0.164. The van der Waals surface area contributed by atoms with Crippen molar-refractivity contribution in [3.63, 3.8) is 0 Å². The minimum absolute atomic E-state index is 0.173. The quantitative estimate of drug-likeness (QED) is 0.614. The van der Waals surface area contributed by atoms with E-state index in [1.54, 1.807) is 0 Å². The Kier molecular flexibility index (Phi) is 2.32. The summed E-state index contributed by atoms with van der Waals surface area (Å²) >= 11 is 0. The van der Waals surface area contributed by atoms with Crippen LogP contribution < -0.4 is 0 Å². The van der Waals surface area contributed by atoms with Gasteiger partial charge < -0.3 is 5.11 Å². The first kappa shape index (κ1) is 8.70. The summed E-state index contributed by atoms with van der Waals surface area (Å²) in [5, 5.41) is 9.63. The third kappa shape index (κ3) is 1.73. The summed E-state index contributed by atoms with van der Waals surface area (Å²) in [7, 11) is 0. The molecule has 1 N–H and O–H groups in total. The summed E-state index contributed by atoms with van der Waals surface area (Å²) in [6.45, 7) is 2.18. The number of pyridine rings is 1. The van der Waals surface area contributed by atoms with Crippen molar-refractivity contribution in [1.29, 1.82) is 0 Å². The molecule has 2 rings (SSSR count). The predicted molar refractivity (Wildman–Crippen MR) is 51.6 cm³/mol. The van der Waals surface area contributed by atoms with Crippen molar-refractivity contribution >= 4 is 0 Å². The molecule has 0 aliphatic heterocycles. The molecule has 0 saturated heterocycles. The number of nitrogens with zero attached hydrogens (tertiary/aromatic N) is 1. The van der Waals surface area contributed by atoms with Gasteiger partial charge in [-0.3, -0.25) is 4.98 Å². The van der Waals surface area contributed by atoms with E-state index in [-0.39, 0.29) is 6.10 Å². The fraction of sp³-hybridized carbons (Fsp3) is 0.545. The second-order valence-corrected chi connectivity index (χ2v) is 3.88. The first-order chi connectivity index (χ1) is 6.27. The lowest BCUT2D eigenvalue weighted by Crippen LogP contribution is -2.08. The van der Waals surface area contributed by atoms with Crippen molar-refractivity contribution < 1.29 is 5.11 Å². The lowest BCUT2D eigenvalue weighted by Gasteiger charge is -2.09. The minimum atomic E-state index is -0.173. The molecule has 1 aromatic heterocycles. The summed E-state index contributed by atoms with van der Waals surface area (Å²) in [6, 6.07) is 4.02. The second kappa shape index (κ2) is 3.46. The molecule has 70 valence electrons. The Labute approximate surface area is 78.6 Å². The first-order valence-corrected chi connectivity index (χ1v) is 4.89. The summed E-state index contributed by atoms with van der Waals surface area (Å²) in [5.74, 6) is 0.494. The molecule has 0 radical (unpaired) electrons. The number of hydrogen-bond donors (Lipinski definition) is 1. The lowest BCUT2D eigenvalue weighted by atomic mass is 10.0. The van der Waals surface area contributed by atoms with Gasteiger partial charge in [0.25, 0.3) is 0 Å². The van der Waals surface area contributed by atoms with E-state index in [1.807, 2.05) is 12.3 Å². The van der Waals surface area contributed by atoms with E-state index >= 15 is 0 Å². The summed E-state index contributed by atoms with van der Waals surface area (Å²) in [4.78, 5) is 4.38. The van der Waals surface area contributed by atoms with Crippen LogP contribution in [0.15, 0.2) is 18.3 Å². The van der Waals surface area contributed by atoms with Crippen LogP contribution in [0.5, 0.6) is 0 Å². The molecule has 0 spiro atoms. The molecule has 2 heteroatoms. The van der Waals surface area contributed by atoms with Gasteiger partial charge in [0, 0.05) is 18.3 Å². The molecule has 0 amide bonds. The van der Waals surface area contributed by atoms with Crippen molar-refractivity contribution in [2.45, 2.75) is 38.2 Å². The van der Waals surface area contributed by atoms with Crippen LogP contribution in [0.4, 0.5) is 0 Å². The van der Waals surface area contributed by atoms with Gasteiger partial charge in [-0.2, -0.15) is 0 Å². The normalized spacial score (nSPS) is 27.8. The van der Waals surface area contributed by atoms with Crippen LogP contribution in [-0.2, 0) is 6.42 Å². The summed E-state index contributed by atoms with van der Waals surface area (Å²) in [5.41, 5.74) is 2.40. The van der Waals surface area contributed by atoms with E-state index < -0.39 is 0 Å². The standard InChI is InChI=1S/C11H15NO/c1-8-4-5-10(13)7-9-3-2-6-12-11(8)9/h2-3,6,8,10,13H,4-5,7H2,1H3/t8-,10-/m0/s1. The van der Waals surface area contributed by atoms with E-state index in [1.165, 1.54) is 11.3 Å². The molecule has 1 heterocycles. The van der Waals surface area contributed by atoms with Crippen LogP contribution in [0.25, 0.3) is 0 Å². The fourth-order valence-electron chi connectivity index (χ4n) is 2.00. The van der Waals surface area contributed by atoms with Crippen LogP contribution in [0.3, 0.4) is 0 Å². The van der Waals surface area contributed by atoms with Crippen LogP contribution in [0, 0.1) is 0 Å². The van der Waals surface area contributed by atoms with Crippen LogP contribution in [0.2, 0.25) is 0 Å². The van der Waals surface area contributed by atoms with Crippen LogP contribution in [0.1, 0.15) is 36.9 Å². The summed E-state index contributed by atoms with van der Waals surface area (Å²) < 4.78 is 0. The zero-order valence-corrected chi connectivity index (χ0v) is 7.90. The number of rotatable bonds is 0. The maximum atomic E-state index is 9.63. The van der Waals surface area contributed by atoms with Crippen molar-refractivity contribution in [2.24, 2.45) is 0 Å². The van der Waals surface area contributed by atoms with Gasteiger partial charge in [0.15, 0.2) is 0 Å². The second-order valence-electron chi connectivity index (χ2n) is 3.88. The number of aliphatic hydroxyl groups is 1. The zero-order valence-electron chi connectivity index (χ0n) is 7.90. The molecule has 0 saturated carbocycles. The van der Waals surface area contributed by atoms with Gasteiger partial charge in [0.1, 0.15) is 0 Å². The highest BCUT2D eigenvalue weighted by Crippen LogP contribution is 2.27. The van der Waals surface area contributed by atoms with Crippen molar-refractivity contribution in [2.75, 3.05) is 0 Å². The van der Waals surface area contributed by atoms with E-state index in [0.717, 1.165) is 19.3 Å². The molecule has 2 nitrogen and oxygen atoms in total. The minimum Gasteiger partial charge on any atom is -0.393 e. The zero-order chi connectivity index (χ0) is 9.26. The SMILES string of the molecule is C[C@H]1CC[C@H](O)Cc2cccnc21. The smallest absolute Gasteiger partial charge is 0.0581 e. The van der Waals surface area contributed by atoms with E-state index in [2.05, 4.69) is 18.0 Å². The Bertz CT molecular complexity index is 298. The van der Waals surface area contributed by atoms with Crippen LogP contribution in [-0.4, -0.2) is 16.2 Å². The molecule has 0 unspecified atom stereocenters. The highest BCUT2D eigenvalue weighted by Gasteiger charge is 2.19. The van der Waals surface area contributed by atoms with E-state index in [9.17, 15) is 5.11 Å². The monoisotopic (exact) mass is 177 g/mol. The maximum absolute atomic E-state index is 9.63. The van der Waals surface area contributed by atoms with Gasteiger partial charge >= 0.3 is 0 Å². The Morgan fingerprint density at radius 1 is 1.46 bits per heavy atom. The molecule has 13 heavy (non-hydrogen) atoms. The Morgan fingerprint density at radius 3 is 3.15 bits per heavy atom. The molecule has 2 atom stereocenters. The largest absolute Gasteiger partial charge is 0.393 e. The van der Waals surface area contributed by atoms with Gasteiger partial charge in [-0.1, -0.05) is 13.0 Å². The molecule has 0 fully saturated rings. The van der Waals surface area contributed by atoms with E-state index in [4.69, 9.17) is 0 Å². The van der Waals surface area contributed by atoms with Gasteiger partial charge in [-0.25, -0.2) is 0 Å². The van der Waals surface area contributed by atoms with Gasteiger partial charge in [-0.05, 0) is 30.4 Å². The predicted octanol–water partition coefficient (Wildman–Crippen LogP) is 1.88. The van der Waals surface area contributed by atoms with Gasteiger partial charge in [-0.15, -0.1) is 0 Å². The molecular formula is C11H15NO. The first-order valence-electron chi connectivity index (χ1n) is 4.89. The van der Waals surface area contributed by atoms with Crippen molar-refractivity contribution in [3.05, 3.63) is 29.6 Å². The maximum Gasteiger partial charge on any atom is 0.0581 e. The molecule has 1 aromatic rings. The Morgan fingerprint density at radius 2 is 2.31 bits per heavy atom. The number of fused-ring (bicyclic) bond motifs is 1. The highest BCUT2D eigenvalue weighted by atomic mass is 16.3. The number of hydrogen-bond acceptors (Lipinski definition) is 2. The molecule has 1 aliphatic carbocycles. The molecule has 0 aromatic carbocycles. The van der Waals surface area contributed by atoms with Gasteiger partial charge in [0.05, 0.1) is 6.10 Å². The highest BCUT2D eigenvalue weighted by molar-refractivity contribution is 5.24. The molecular weight excluding hydrogens is 162 g/mol. The summed E-state index contributed by atoms with van der Waals surface area (Å²) in [6.07, 6.45) is 4.39. The van der Waals surface area contributed by atoms with Crippen molar-refractivity contribution in [3.8, 4) is 0 Å².